The third-order valence-electron chi connectivity index (χ3n) is 4.49. The fourth-order valence-electron chi connectivity index (χ4n) is 3.12. The zero-order valence-corrected chi connectivity index (χ0v) is 13.7. The molecule has 1 aliphatic heterocycles. The first kappa shape index (κ1) is 16.5. The molecule has 4 nitrogen and oxygen atoms in total. The van der Waals surface area contributed by atoms with Gasteiger partial charge in [-0.2, -0.15) is 0 Å². The average Bonchev–Trinajstić information content (AvgIpc) is 3.14. The van der Waals surface area contributed by atoms with Gasteiger partial charge < -0.3 is 15.2 Å². The normalized spacial score (nSPS) is 18.2. The summed E-state index contributed by atoms with van der Waals surface area (Å²) in [6.45, 7) is 1.45. The first-order chi connectivity index (χ1) is 11.7. The van der Waals surface area contributed by atoms with Gasteiger partial charge in [0, 0.05) is 18.9 Å². The Kier molecular flexibility index (Phi) is 5.49. The molecule has 4 heteroatoms. The summed E-state index contributed by atoms with van der Waals surface area (Å²) in [6, 6.07) is 17.1. The highest BCUT2D eigenvalue weighted by Crippen LogP contribution is 2.28. The van der Waals surface area contributed by atoms with E-state index < -0.39 is 0 Å². The number of aryl methyl sites for hydroxylation is 1. The van der Waals surface area contributed by atoms with Gasteiger partial charge in [-0.05, 0) is 36.1 Å². The van der Waals surface area contributed by atoms with Gasteiger partial charge in [-0.3, -0.25) is 4.79 Å². The number of hydrogen-bond acceptors (Lipinski definition) is 3. The zero-order valence-electron chi connectivity index (χ0n) is 13.7. The van der Waals surface area contributed by atoms with Gasteiger partial charge >= 0.3 is 0 Å². The van der Waals surface area contributed by atoms with Gasteiger partial charge in [-0.25, -0.2) is 0 Å². The maximum Gasteiger partial charge on any atom is 0.220 e. The van der Waals surface area contributed by atoms with Gasteiger partial charge in [-0.15, -0.1) is 0 Å². The molecular formula is C20H23NO3. The average molecular weight is 325 g/mol. The number of aromatic hydroxyl groups is 1. The smallest absolute Gasteiger partial charge is 0.220 e. The summed E-state index contributed by atoms with van der Waals surface area (Å²) in [5.74, 6) is 0.613. The number of ether oxygens (including phenoxy) is 1. The standard InChI is InChI=1S/C20H23NO3/c22-18-9-6-15(7-10-18)8-11-19(23)21-20(17-12-13-24-14-17)16-4-2-1-3-5-16/h1-7,9-10,17,20,22H,8,11-14H2,(H,21,23)/t17-,20-/m0/s1. The van der Waals surface area contributed by atoms with Crippen LogP contribution in [-0.2, 0) is 16.0 Å². The molecule has 1 amide bonds. The minimum Gasteiger partial charge on any atom is -0.508 e. The summed E-state index contributed by atoms with van der Waals surface area (Å²) in [5.41, 5.74) is 2.18. The van der Waals surface area contributed by atoms with Gasteiger partial charge in [-0.1, -0.05) is 42.5 Å². The zero-order chi connectivity index (χ0) is 16.8. The summed E-state index contributed by atoms with van der Waals surface area (Å²) in [6.07, 6.45) is 2.06. The van der Waals surface area contributed by atoms with Crippen LogP contribution in [0.2, 0.25) is 0 Å². The number of nitrogens with one attached hydrogen (secondary N) is 1. The second kappa shape index (κ2) is 7.97. The number of hydrogen-bond donors (Lipinski definition) is 2. The van der Waals surface area contributed by atoms with Crippen LogP contribution in [0.4, 0.5) is 0 Å². The van der Waals surface area contributed by atoms with Gasteiger partial charge in [0.05, 0.1) is 12.6 Å². The number of carbonyl (C=O) groups excluding carboxylic acids is 1. The van der Waals surface area contributed by atoms with Crippen molar-refractivity contribution in [3.05, 3.63) is 65.7 Å². The van der Waals surface area contributed by atoms with Crippen LogP contribution in [0, 0.1) is 5.92 Å². The van der Waals surface area contributed by atoms with Crippen molar-refractivity contribution in [2.24, 2.45) is 5.92 Å². The van der Waals surface area contributed by atoms with Gasteiger partial charge in [0.15, 0.2) is 0 Å². The third-order valence-corrected chi connectivity index (χ3v) is 4.49. The molecule has 0 radical (unpaired) electrons. The van der Waals surface area contributed by atoms with Crippen LogP contribution in [0.25, 0.3) is 0 Å². The van der Waals surface area contributed by atoms with Gasteiger partial charge in [0.1, 0.15) is 5.75 Å². The van der Waals surface area contributed by atoms with Crippen LogP contribution in [-0.4, -0.2) is 24.2 Å². The molecule has 0 aliphatic carbocycles. The highest BCUT2D eigenvalue weighted by Gasteiger charge is 2.28. The lowest BCUT2D eigenvalue weighted by Crippen LogP contribution is -2.34. The molecule has 3 rings (SSSR count). The Balaban J connectivity index is 1.61. The molecule has 0 spiro atoms. The predicted molar refractivity (Wildman–Crippen MR) is 92.7 cm³/mol. The lowest BCUT2D eigenvalue weighted by atomic mass is 9.92. The SMILES string of the molecule is O=C(CCc1ccc(O)cc1)N[C@@H](c1ccccc1)[C@H]1CCOC1. The number of phenols is 1. The maximum absolute atomic E-state index is 12.4. The molecule has 2 N–H and O–H groups in total. The van der Waals surface area contributed by atoms with Crippen LogP contribution in [0.15, 0.2) is 54.6 Å². The topological polar surface area (TPSA) is 58.6 Å². The Morgan fingerprint density at radius 1 is 1.17 bits per heavy atom. The second-order valence-corrected chi connectivity index (χ2v) is 6.25. The number of carbonyl (C=O) groups is 1. The van der Waals surface area contributed by atoms with E-state index in [4.69, 9.17) is 4.74 Å². The number of phenolic OH excluding ortho intramolecular Hbond substituents is 1. The summed E-state index contributed by atoms with van der Waals surface area (Å²) >= 11 is 0. The Hall–Kier alpha value is -2.33. The van der Waals surface area contributed by atoms with Crippen LogP contribution < -0.4 is 5.32 Å². The molecule has 2 atom stereocenters. The molecule has 2 aromatic rings. The Morgan fingerprint density at radius 3 is 2.58 bits per heavy atom. The molecule has 1 saturated heterocycles. The molecule has 0 bridgehead atoms. The molecule has 1 heterocycles. The van der Waals surface area contributed by atoms with E-state index in [-0.39, 0.29) is 17.7 Å². The number of benzene rings is 2. The Bertz CT molecular complexity index is 648. The molecule has 0 unspecified atom stereocenters. The van der Waals surface area contributed by atoms with Crippen LogP contribution >= 0.6 is 0 Å². The van der Waals surface area contributed by atoms with Crippen molar-refractivity contribution in [1.29, 1.82) is 0 Å². The molecule has 0 saturated carbocycles. The predicted octanol–water partition coefficient (Wildman–Crippen LogP) is 3.22. The van der Waals surface area contributed by atoms with E-state index in [0.717, 1.165) is 24.2 Å². The van der Waals surface area contributed by atoms with E-state index >= 15 is 0 Å². The van der Waals surface area contributed by atoms with Crippen LogP contribution in [0.3, 0.4) is 0 Å². The van der Waals surface area contributed by atoms with E-state index in [0.29, 0.717) is 25.4 Å². The number of amides is 1. The molecule has 24 heavy (non-hydrogen) atoms. The van der Waals surface area contributed by atoms with Gasteiger partial charge in [0.25, 0.3) is 0 Å². The highest BCUT2D eigenvalue weighted by atomic mass is 16.5. The van der Waals surface area contributed by atoms with E-state index in [9.17, 15) is 9.90 Å². The van der Waals surface area contributed by atoms with Crippen molar-refractivity contribution in [2.75, 3.05) is 13.2 Å². The molecule has 2 aromatic carbocycles. The fourth-order valence-corrected chi connectivity index (χ4v) is 3.12. The Labute approximate surface area is 142 Å². The molecule has 0 aromatic heterocycles. The maximum atomic E-state index is 12.4. The van der Waals surface area contributed by atoms with Crippen molar-refractivity contribution in [3.8, 4) is 5.75 Å². The van der Waals surface area contributed by atoms with Crippen LogP contribution in [0.1, 0.15) is 30.0 Å². The molecule has 126 valence electrons. The van der Waals surface area contributed by atoms with Crippen molar-refractivity contribution in [2.45, 2.75) is 25.3 Å². The summed E-state index contributed by atoms with van der Waals surface area (Å²) in [5, 5.41) is 12.5. The van der Waals surface area contributed by atoms with E-state index in [2.05, 4.69) is 17.4 Å². The van der Waals surface area contributed by atoms with Crippen molar-refractivity contribution >= 4 is 5.91 Å². The lowest BCUT2D eigenvalue weighted by molar-refractivity contribution is -0.122. The number of rotatable bonds is 6. The van der Waals surface area contributed by atoms with E-state index in [1.165, 1.54) is 0 Å². The van der Waals surface area contributed by atoms with Crippen molar-refractivity contribution in [1.82, 2.24) is 5.32 Å². The van der Waals surface area contributed by atoms with Crippen LogP contribution in [0.5, 0.6) is 5.75 Å². The monoisotopic (exact) mass is 325 g/mol. The summed E-state index contributed by atoms with van der Waals surface area (Å²) in [4.78, 5) is 12.4. The molecule has 1 fully saturated rings. The Morgan fingerprint density at radius 2 is 1.92 bits per heavy atom. The largest absolute Gasteiger partial charge is 0.508 e. The van der Waals surface area contributed by atoms with Crippen molar-refractivity contribution < 1.29 is 14.6 Å². The highest BCUT2D eigenvalue weighted by molar-refractivity contribution is 5.76. The quantitative estimate of drug-likeness (QED) is 0.857. The second-order valence-electron chi connectivity index (χ2n) is 6.25. The van der Waals surface area contributed by atoms with Gasteiger partial charge in [0.2, 0.25) is 5.91 Å². The first-order valence-corrected chi connectivity index (χ1v) is 8.42. The summed E-state index contributed by atoms with van der Waals surface area (Å²) in [7, 11) is 0. The summed E-state index contributed by atoms with van der Waals surface area (Å²) < 4.78 is 5.51. The van der Waals surface area contributed by atoms with E-state index in [1.54, 1.807) is 12.1 Å². The van der Waals surface area contributed by atoms with E-state index in [1.807, 2.05) is 30.3 Å². The molecular weight excluding hydrogens is 302 g/mol. The first-order valence-electron chi connectivity index (χ1n) is 8.42. The minimum atomic E-state index is 0.000942. The lowest BCUT2D eigenvalue weighted by Gasteiger charge is -2.24. The molecule has 1 aliphatic rings. The fraction of sp³-hybridized carbons (Fsp3) is 0.350. The van der Waals surface area contributed by atoms with Crippen molar-refractivity contribution in [3.63, 3.8) is 0 Å². The third kappa shape index (κ3) is 4.36. The minimum absolute atomic E-state index is 0.000942.